The summed E-state index contributed by atoms with van der Waals surface area (Å²) in [6, 6.07) is 10.1. The molecule has 1 saturated carbocycles. The molecule has 2 N–H and O–H groups in total. The summed E-state index contributed by atoms with van der Waals surface area (Å²) in [5, 5.41) is 0. The van der Waals surface area contributed by atoms with Crippen LogP contribution in [0, 0.1) is 0 Å². The van der Waals surface area contributed by atoms with Gasteiger partial charge in [0.25, 0.3) is 0 Å². The molecule has 0 bridgehead atoms. The molecule has 0 amide bonds. The Labute approximate surface area is 118 Å². The van der Waals surface area contributed by atoms with Crippen LogP contribution in [0.3, 0.4) is 0 Å². The molecule has 0 heterocycles. The van der Waals surface area contributed by atoms with Gasteiger partial charge in [0, 0.05) is 18.6 Å². The van der Waals surface area contributed by atoms with E-state index < -0.39 is 0 Å². The minimum absolute atomic E-state index is 0.355. The first-order valence-electron chi connectivity index (χ1n) is 7.73. The Morgan fingerprint density at radius 2 is 1.84 bits per heavy atom. The molecule has 0 saturated heterocycles. The van der Waals surface area contributed by atoms with Crippen molar-refractivity contribution in [3.63, 3.8) is 0 Å². The average molecular weight is 260 g/mol. The summed E-state index contributed by atoms with van der Waals surface area (Å²) < 4.78 is 0. The lowest BCUT2D eigenvalue weighted by Crippen LogP contribution is -2.39. The van der Waals surface area contributed by atoms with Gasteiger partial charge in [0.1, 0.15) is 0 Å². The van der Waals surface area contributed by atoms with Gasteiger partial charge >= 0.3 is 0 Å². The highest BCUT2D eigenvalue weighted by Gasteiger charge is 2.24. The quantitative estimate of drug-likeness (QED) is 0.810. The standard InChI is InChI=1S/C17H28N2/c1-4-11-19(13(2)3)17(12-18)16-9-7-15(8-10-16)14-5-6-14/h7-10,13-14,17H,4-6,11-12,18H2,1-3H3. The molecule has 19 heavy (non-hydrogen) atoms. The predicted molar refractivity (Wildman–Crippen MR) is 82.3 cm³/mol. The van der Waals surface area contributed by atoms with E-state index in [1.807, 2.05) is 0 Å². The first-order chi connectivity index (χ1) is 9.17. The van der Waals surface area contributed by atoms with Crippen molar-refractivity contribution in [3.8, 4) is 0 Å². The highest BCUT2D eigenvalue weighted by atomic mass is 15.2. The number of benzene rings is 1. The van der Waals surface area contributed by atoms with Gasteiger partial charge in [-0.25, -0.2) is 0 Å². The molecule has 1 atom stereocenters. The lowest BCUT2D eigenvalue weighted by Gasteiger charge is -2.34. The minimum atomic E-state index is 0.355. The number of rotatable bonds is 7. The second-order valence-corrected chi connectivity index (χ2v) is 6.02. The van der Waals surface area contributed by atoms with Crippen molar-refractivity contribution in [1.82, 2.24) is 4.90 Å². The number of hydrogen-bond acceptors (Lipinski definition) is 2. The molecule has 0 spiro atoms. The lowest BCUT2D eigenvalue weighted by molar-refractivity contribution is 0.157. The minimum Gasteiger partial charge on any atom is -0.329 e. The molecule has 2 rings (SSSR count). The molecular weight excluding hydrogens is 232 g/mol. The molecule has 1 aliphatic rings. The molecule has 1 aromatic rings. The average Bonchev–Trinajstić information content (AvgIpc) is 3.23. The van der Waals surface area contributed by atoms with Gasteiger partial charge in [-0.2, -0.15) is 0 Å². The SMILES string of the molecule is CCCN(C(C)C)C(CN)c1ccc(C2CC2)cc1. The van der Waals surface area contributed by atoms with Crippen molar-refractivity contribution < 1.29 is 0 Å². The highest BCUT2D eigenvalue weighted by Crippen LogP contribution is 2.40. The second kappa shape index (κ2) is 6.53. The zero-order chi connectivity index (χ0) is 13.8. The number of nitrogens with two attached hydrogens (primary N) is 1. The van der Waals surface area contributed by atoms with E-state index in [1.54, 1.807) is 0 Å². The van der Waals surface area contributed by atoms with E-state index >= 15 is 0 Å². The smallest absolute Gasteiger partial charge is 0.0473 e. The maximum absolute atomic E-state index is 6.04. The summed E-state index contributed by atoms with van der Waals surface area (Å²) in [7, 11) is 0. The van der Waals surface area contributed by atoms with Gasteiger partial charge in [0.2, 0.25) is 0 Å². The third kappa shape index (κ3) is 3.58. The van der Waals surface area contributed by atoms with Crippen molar-refractivity contribution in [2.75, 3.05) is 13.1 Å². The molecule has 1 fully saturated rings. The van der Waals surface area contributed by atoms with E-state index in [0.29, 0.717) is 18.6 Å². The Bertz CT molecular complexity index is 379. The third-order valence-electron chi connectivity index (χ3n) is 4.14. The zero-order valence-corrected chi connectivity index (χ0v) is 12.6. The van der Waals surface area contributed by atoms with E-state index in [-0.39, 0.29) is 0 Å². The van der Waals surface area contributed by atoms with Crippen molar-refractivity contribution >= 4 is 0 Å². The van der Waals surface area contributed by atoms with Gasteiger partial charge < -0.3 is 5.73 Å². The van der Waals surface area contributed by atoms with Crippen LogP contribution in [-0.2, 0) is 0 Å². The highest BCUT2D eigenvalue weighted by molar-refractivity contribution is 5.30. The van der Waals surface area contributed by atoms with Gasteiger partial charge in [-0.1, -0.05) is 31.2 Å². The first-order valence-corrected chi connectivity index (χ1v) is 7.73. The Balaban J connectivity index is 2.14. The summed E-state index contributed by atoms with van der Waals surface area (Å²) in [6.07, 6.45) is 3.91. The van der Waals surface area contributed by atoms with Gasteiger partial charge in [-0.15, -0.1) is 0 Å². The molecule has 1 unspecified atom stereocenters. The van der Waals surface area contributed by atoms with Crippen LogP contribution in [0.5, 0.6) is 0 Å². The van der Waals surface area contributed by atoms with Gasteiger partial charge in [0.15, 0.2) is 0 Å². The Kier molecular flexibility index (Phi) is 5.00. The van der Waals surface area contributed by atoms with Crippen LogP contribution in [0.25, 0.3) is 0 Å². The maximum Gasteiger partial charge on any atom is 0.0473 e. The molecular formula is C17H28N2. The van der Waals surface area contributed by atoms with Crippen LogP contribution >= 0.6 is 0 Å². The molecule has 2 heteroatoms. The molecule has 0 radical (unpaired) electrons. The Morgan fingerprint density at radius 1 is 1.21 bits per heavy atom. The van der Waals surface area contributed by atoms with Crippen LogP contribution in [0.1, 0.15) is 63.1 Å². The van der Waals surface area contributed by atoms with E-state index in [4.69, 9.17) is 5.73 Å². The monoisotopic (exact) mass is 260 g/mol. The normalized spacial score (nSPS) is 17.2. The second-order valence-electron chi connectivity index (χ2n) is 6.02. The van der Waals surface area contributed by atoms with Crippen molar-refractivity contribution in [3.05, 3.63) is 35.4 Å². The van der Waals surface area contributed by atoms with Gasteiger partial charge in [0.05, 0.1) is 0 Å². The Hall–Kier alpha value is -0.860. The maximum atomic E-state index is 6.04. The van der Waals surface area contributed by atoms with Crippen LogP contribution < -0.4 is 5.73 Å². The molecule has 106 valence electrons. The van der Waals surface area contributed by atoms with Gasteiger partial charge in [-0.05, 0) is 56.7 Å². The van der Waals surface area contributed by atoms with Crippen LogP contribution in [0.15, 0.2) is 24.3 Å². The van der Waals surface area contributed by atoms with E-state index in [1.165, 1.54) is 30.4 Å². The largest absolute Gasteiger partial charge is 0.329 e. The zero-order valence-electron chi connectivity index (χ0n) is 12.6. The molecule has 0 aliphatic heterocycles. The van der Waals surface area contributed by atoms with Crippen LogP contribution in [0.4, 0.5) is 0 Å². The van der Waals surface area contributed by atoms with Gasteiger partial charge in [-0.3, -0.25) is 4.90 Å². The number of hydrogen-bond donors (Lipinski definition) is 1. The molecule has 0 aromatic heterocycles. The van der Waals surface area contributed by atoms with Crippen molar-refractivity contribution in [2.24, 2.45) is 5.73 Å². The van der Waals surface area contributed by atoms with E-state index in [0.717, 1.165) is 12.5 Å². The summed E-state index contributed by atoms with van der Waals surface area (Å²) >= 11 is 0. The van der Waals surface area contributed by atoms with E-state index in [2.05, 4.69) is 49.9 Å². The third-order valence-corrected chi connectivity index (χ3v) is 4.14. The van der Waals surface area contributed by atoms with Crippen LogP contribution in [0.2, 0.25) is 0 Å². The summed E-state index contributed by atoms with van der Waals surface area (Å²) in [5.74, 6) is 0.835. The topological polar surface area (TPSA) is 29.3 Å². The summed E-state index contributed by atoms with van der Waals surface area (Å²) in [5.41, 5.74) is 8.92. The van der Waals surface area contributed by atoms with E-state index in [9.17, 15) is 0 Å². The Morgan fingerprint density at radius 3 is 2.26 bits per heavy atom. The molecule has 1 aromatic carbocycles. The lowest BCUT2D eigenvalue weighted by atomic mass is 10.0. The van der Waals surface area contributed by atoms with Crippen molar-refractivity contribution in [1.29, 1.82) is 0 Å². The fraction of sp³-hybridized carbons (Fsp3) is 0.647. The number of nitrogens with zero attached hydrogens (tertiary/aromatic N) is 1. The van der Waals surface area contributed by atoms with Crippen molar-refractivity contribution in [2.45, 2.75) is 58.0 Å². The van der Waals surface area contributed by atoms with Crippen LogP contribution in [-0.4, -0.2) is 24.0 Å². The molecule has 2 nitrogen and oxygen atoms in total. The summed E-state index contributed by atoms with van der Waals surface area (Å²) in [6.45, 7) is 8.57. The fourth-order valence-electron chi connectivity index (χ4n) is 2.90. The first kappa shape index (κ1) is 14.5. The predicted octanol–water partition coefficient (Wildman–Crippen LogP) is 3.68. The molecule has 1 aliphatic carbocycles. The fourth-order valence-corrected chi connectivity index (χ4v) is 2.90. The summed E-state index contributed by atoms with van der Waals surface area (Å²) in [4.78, 5) is 2.52.